The zero-order chi connectivity index (χ0) is 23.3. The molecule has 16 heteroatoms. The molecule has 2 aromatic heterocycles. The minimum Gasteiger partial charge on any atom is -0.220 e. The molecule has 0 spiro atoms. The van der Waals surface area contributed by atoms with Crippen LogP contribution in [0.1, 0.15) is 11.1 Å². The molecule has 164 valence electrons. The van der Waals surface area contributed by atoms with Gasteiger partial charge in [0.15, 0.2) is 34.9 Å². The normalized spacial score (nSPS) is 15.1. The van der Waals surface area contributed by atoms with Crippen LogP contribution in [0.4, 0.5) is 61.5 Å². The molecule has 0 amide bonds. The molecule has 2 nitrogen and oxygen atoms in total. The van der Waals surface area contributed by atoms with Crippen LogP contribution in [0.3, 0.4) is 0 Å². The maximum absolute atomic E-state index is 14.6. The molecule has 0 saturated carbocycles. The fraction of sp³-hybridized carbons (Fsp3) is 0.143. The van der Waals surface area contributed by atoms with E-state index in [2.05, 4.69) is 0 Å². The summed E-state index contributed by atoms with van der Waals surface area (Å²) in [5.41, 5.74) is -12.9. The van der Waals surface area contributed by atoms with Crippen molar-refractivity contribution in [1.82, 2.24) is 9.97 Å². The number of rotatable bonds is 3. The van der Waals surface area contributed by atoms with Crippen LogP contribution in [0.2, 0.25) is 0 Å². The molecule has 0 aliphatic rings. The van der Waals surface area contributed by atoms with Gasteiger partial charge in [-0.25, -0.2) is 30.7 Å². The molecule has 0 aliphatic carbocycles. The lowest BCUT2D eigenvalue weighted by Crippen LogP contribution is -2.41. The van der Waals surface area contributed by atoms with Gasteiger partial charge in [-0.3, -0.25) is 0 Å². The van der Waals surface area contributed by atoms with Gasteiger partial charge in [-0.15, -0.1) is 0 Å². The predicted octanol–water partition coefficient (Wildman–Crippen LogP) is 5.62. The van der Waals surface area contributed by atoms with Gasteiger partial charge in [0.25, 0.3) is 29.5 Å². The number of hydrogen-bond donors (Lipinski definition) is 0. The fourth-order valence-corrected chi connectivity index (χ4v) is 2.11. The molecule has 2 rings (SSSR count). The minimum atomic E-state index is -6.99. The zero-order valence-corrected chi connectivity index (χ0v) is 13.2. The van der Waals surface area contributed by atoms with Crippen molar-refractivity contribution in [1.29, 1.82) is 0 Å². The molecule has 0 radical (unpaired) electrons. The van der Waals surface area contributed by atoms with Crippen LogP contribution in [0.5, 0.6) is 0 Å². The maximum Gasteiger partial charge on any atom is 0.433 e. The third-order valence-corrected chi connectivity index (χ3v) is 3.44. The first-order valence-corrected chi connectivity index (χ1v) is 6.79. The number of alkyl halides is 4. The SMILES string of the molecule is F/C(=C(/F)C(F)(c1c(F)c(F)nc(F)c1F)C(F)(F)F)c1c(F)c(F)nc(F)c1F. The third kappa shape index (κ3) is 3.32. The molecule has 0 N–H and O–H groups in total. The molecule has 0 saturated heterocycles. The molecular formula is C14F14N2. The van der Waals surface area contributed by atoms with Crippen molar-refractivity contribution in [3.8, 4) is 0 Å². The first kappa shape index (κ1) is 23.3. The summed E-state index contributed by atoms with van der Waals surface area (Å²) in [6.07, 6.45) is -6.99. The highest BCUT2D eigenvalue weighted by Gasteiger charge is 2.65. The molecule has 0 fully saturated rings. The second kappa shape index (κ2) is 7.39. The number of allylic oxidation sites excluding steroid dienone is 1. The molecular weight excluding hydrogens is 462 g/mol. The first-order chi connectivity index (χ1) is 13.6. The van der Waals surface area contributed by atoms with Gasteiger partial charge < -0.3 is 0 Å². The Morgan fingerprint density at radius 3 is 1.23 bits per heavy atom. The van der Waals surface area contributed by atoms with Crippen LogP contribution in [0.15, 0.2) is 5.83 Å². The van der Waals surface area contributed by atoms with Crippen molar-refractivity contribution >= 4 is 5.83 Å². The van der Waals surface area contributed by atoms with Gasteiger partial charge >= 0.3 is 6.18 Å². The Morgan fingerprint density at radius 1 is 0.567 bits per heavy atom. The van der Waals surface area contributed by atoms with E-state index >= 15 is 0 Å². The number of nitrogens with zero attached hydrogens (tertiary/aromatic N) is 2. The van der Waals surface area contributed by atoms with E-state index in [0.717, 1.165) is 0 Å². The molecule has 0 aliphatic heterocycles. The van der Waals surface area contributed by atoms with E-state index in [1.165, 1.54) is 0 Å². The first-order valence-electron chi connectivity index (χ1n) is 6.79. The van der Waals surface area contributed by atoms with Crippen LogP contribution in [0, 0.1) is 47.1 Å². The van der Waals surface area contributed by atoms with E-state index in [1.807, 2.05) is 4.98 Å². The smallest absolute Gasteiger partial charge is 0.220 e. The Morgan fingerprint density at radius 2 is 0.900 bits per heavy atom. The topological polar surface area (TPSA) is 25.8 Å². The van der Waals surface area contributed by atoms with E-state index in [4.69, 9.17) is 0 Å². The summed E-state index contributed by atoms with van der Waals surface area (Å²) < 4.78 is 189. The van der Waals surface area contributed by atoms with E-state index < -0.39 is 81.7 Å². The number of aromatic nitrogens is 2. The summed E-state index contributed by atoms with van der Waals surface area (Å²) in [6.45, 7) is 0. The Balaban J connectivity index is 3.03. The molecule has 1 unspecified atom stereocenters. The van der Waals surface area contributed by atoms with E-state index in [9.17, 15) is 61.5 Å². The summed E-state index contributed by atoms with van der Waals surface area (Å²) in [5.74, 6) is -31.7. The van der Waals surface area contributed by atoms with Gasteiger partial charge in [0, 0.05) is 0 Å². The molecule has 1 atom stereocenters. The van der Waals surface area contributed by atoms with E-state index in [-0.39, 0.29) is 0 Å². The van der Waals surface area contributed by atoms with Crippen LogP contribution in [-0.2, 0) is 5.67 Å². The van der Waals surface area contributed by atoms with Gasteiger partial charge in [-0.1, -0.05) is 0 Å². The molecule has 0 bridgehead atoms. The highest BCUT2D eigenvalue weighted by molar-refractivity contribution is 5.64. The summed E-state index contributed by atoms with van der Waals surface area (Å²) in [5, 5.41) is 0. The van der Waals surface area contributed by atoms with Crippen molar-refractivity contribution in [2.45, 2.75) is 11.8 Å². The molecule has 2 aromatic rings. The highest BCUT2D eigenvalue weighted by Crippen LogP contribution is 2.52. The monoisotopic (exact) mass is 462 g/mol. The van der Waals surface area contributed by atoms with Crippen LogP contribution < -0.4 is 0 Å². The Hall–Kier alpha value is -2.94. The van der Waals surface area contributed by atoms with Crippen molar-refractivity contribution < 1.29 is 61.5 Å². The van der Waals surface area contributed by atoms with Crippen LogP contribution in [0.25, 0.3) is 5.83 Å². The lowest BCUT2D eigenvalue weighted by molar-refractivity contribution is -0.228. The Bertz CT molecular complexity index is 1010. The second-order valence-electron chi connectivity index (χ2n) is 5.18. The van der Waals surface area contributed by atoms with Crippen molar-refractivity contribution in [3.05, 3.63) is 64.0 Å². The van der Waals surface area contributed by atoms with Gasteiger partial charge in [0.2, 0.25) is 0 Å². The van der Waals surface area contributed by atoms with Crippen molar-refractivity contribution in [3.63, 3.8) is 0 Å². The van der Waals surface area contributed by atoms with Crippen LogP contribution in [-0.4, -0.2) is 16.1 Å². The molecule has 0 aromatic carbocycles. The highest BCUT2D eigenvalue weighted by atomic mass is 19.4. The van der Waals surface area contributed by atoms with Crippen LogP contribution >= 0.6 is 0 Å². The summed E-state index contributed by atoms with van der Waals surface area (Å²) in [4.78, 5) is 3.62. The summed E-state index contributed by atoms with van der Waals surface area (Å²) >= 11 is 0. The van der Waals surface area contributed by atoms with Crippen molar-refractivity contribution in [2.75, 3.05) is 0 Å². The average molecular weight is 462 g/mol. The second-order valence-corrected chi connectivity index (χ2v) is 5.18. The van der Waals surface area contributed by atoms with E-state index in [1.54, 1.807) is 4.98 Å². The number of halogens is 14. The summed E-state index contributed by atoms with van der Waals surface area (Å²) in [6, 6.07) is 0. The average Bonchev–Trinajstić information content (AvgIpc) is 2.63. The minimum absolute atomic E-state index is 1.77. The van der Waals surface area contributed by atoms with E-state index in [0.29, 0.717) is 0 Å². The van der Waals surface area contributed by atoms with Gasteiger partial charge in [-0.05, 0) is 0 Å². The maximum atomic E-state index is 14.6. The van der Waals surface area contributed by atoms with Crippen molar-refractivity contribution in [2.24, 2.45) is 0 Å². The Kier molecular flexibility index (Phi) is 5.75. The Labute approximate surface area is 154 Å². The largest absolute Gasteiger partial charge is 0.433 e. The third-order valence-electron chi connectivity index (χ3n) is 3.44. The van der Waals surface area contributed by atoms with Gasteiger partial charge in [-0.2, -0.15) is 40.7 Å². The van der Waals surface area contributed by atoms with Gasteiger partial charge in [0.1, 0.15) is 0 Å². The van der Waals surface area contributed by atoms with Gasteiger partial charge in [0.05, 0.1) is 11.1 Å². The molecule has 30 heavy (non-hydrogen) atoms. The quantitative estimate of drug-likeness (QED) is 0.437. The number of hydrogen-bond acceptors (Lipinski definition) is 2. The predicted molar refractivity (Wildman–Crippen MR) is 66.1 cm³/mol. The lowest BCUT2D eigenvalue weighted by atomic mass is 9.91. The standard InChI is InChI=1S/C14F14N2/c15-3(1-4(16)9(21)29-10(22)5(1)17)8(20)13(25,14(26,27)28)2-6(18)11(23)30-12(24)7(2)19/b8-3+. The summed E-state index contributed by atoms with van der Waals surface area (Å²) in [7, 11) is 0. The zero-order valence-electron chi connectivity index (χ0n) is 13.2. The molecule has 2 heterocycles. The lowest BCUT2D eigenvalue weighted by Gasteiger charge is -2.27. The fourth-order valence-electron chi connectivity index (χ4n) is 2.11. The number of pyridine rings is 2.